The van der Waals surface area contributed by atoms with Gasteiger partial charge in [0.25, 0.3) is 5.91 Å². The number of piperidine rings is 1. The van der Waals surface area contributed by atoms with Gasteiger partial charge in [0.2, 0.25) is 0 Å². The Morgan fingerprint density at radius 1 is 1.00 bits per heavy atom. The molecule has 1 saturated heterocycles. The fraction of sp³-hybridized carbons (Fsp3) is 0.700. The first kappa shape index (κ1) is 16.8. The summed E-state index contributed by atoms with van der Waals surface area (Å²) in [5, 5.41) is 9.78. The molecule has 136 valence electrons. The molecule has 0 radical (unpaired) electrons. The molecular weight excluding hydrogens is 314 g/mol. The third kappa shape index (κ3) is 3.81. The minimum absolute atomic E-state index is 0.0859. The van der Waals surface area contributed by atoms with Crippen LogP contribution in [0.2, 0.25) is 0 Å². The Bertz CT molecular complexity index is 603. The maximum absolute atomic E-state index is 13.2. The van der Waals surface area contributed by atoms with Crippen molar-refractivity contribution in [2.75, 3.05) is 18.0 Å². The molecule has 25 heavy (non-hydrogen) atoms. The van der Waals surface area contributed by atoms with Crippen LogP contribution in [0.15, 0.2) is 18.2 Å². The summed E-state index contributed by atoms with van der Waals surface area (Å²) in [6.45, 7) is 2.08. The van der Waals surface area contributed by atoms with Gasteiger partial charge in [-0.05, 0) is 69.9 Å². The number of hydrogen-bond acceptors (Lipinski definition) is 4. The van der Waals surface area contributed by atoms with E-state index in [2.05, 4.69) is 9.80 Å². The van der Waals surface area contributed by atoms with Crippen LogP contribution in [0.5, 0.6) is 0 Å². The van der Waals surface area contributed by atoms with Crippen molar-refractivity contribution in [3.8, 4) is 0 Å². The smallest absolute Gasteiger partial charge is 0.273 e. The molecule has 1 amide bonds. The molecule has 1 aliphatic heterocycles. The summed E-state index contributed by atoms with van der Waals surface area (Å²) < 4.78 is 0. The highest BCUT2D eigenvalue weighted by Gasteiger charge is 2.39. The van der Waals surface area contributed by atoms with E-state index in [4.69, 9.17) is 4.98 Å². The zero-order valence-electron chi connectivity index (χ0n) is 14.9. The van der Waals surface area contributed by atoms with Gasteiger partial charge < -0.3 is 14.9 Å². The summed E-state index contributed by atoms with van der Waals surface area (Å²) >= 11 is 0. The molecule has 0 aromatic carbocycles. The summed E-state index contributed by atoms with van der Waals surface area (Å²) in [6.07, 6.45) is 9.17. The molecule has 5 heteroatoms. The Kier molecular flexibility index (Phi) is 4.93. The number of aromatic nitrogens is 1. The quantitative estimate of drug-likeness (QED) is 0.913. The van der Waals surface area contributed by atoms with Gasteiger partial charge in [-0.15, -0.1) is 0 Å². The van der Waals surface area contributed by atoms with Crippen molar-refractivity contribution >= 4 is 11.7 Å². The number of anilines is 1. The Labute approximate surface area is 150 Å². The van der Waals surface area contributed by atoms with Crippen LogP contribution >= 0.6 is 0 Å². The van der Waals surface area contributed by atoms with Crippen molar-refractivity contribution in [3.63, 3.8) is 0 Å². The lowest BCUT2D eigenvalue weighted by atomic mass is 9.91. The number of rotatable bonds is 4. The van der Waals surface area contributed by atoms with Crippen LogP contribution in [0.1, 0.15) is 68.3 Å². The molecule has 5 nitrogen and oxygen atoms in total. The summed E-state index contributed by atoms with van der Waals surface area (Å²) in [7, 11) is 0. The number of amides is 1. The van der Waals surface area contributed by atoms with E-state index in [1.165, 1.54) is 19.3 Å². The van der Waals surface area contributed by atoms with Gasteiger partial charge in [0.1, 0.15) is 11.5 Å². The molecule has 3 fully saturated rings. The lowest BCUT2D eigenvalue weighted by Crippen LogP contribution is -2.44. The van der Waals surface area contributed by atoms with Crippen LogP contribution in [0.3, 0.4) is 0 Å². The standard InChI is InChI=1S/C20H29N3O2/c24-17-11-9-16(10-12-17)23(15-7-8-15)20(25)18-5-4-6-19(21-18)22-13-2-1-3-14-22/h4-6,15-17,24H,1-3,7-14H2/t16-,17+. The normalized spacial score (nSPS) is 27.2. The summed E-state index contributed by atoms with van der Waals surface area (Å²) in [4.78, 5) is 22.3. The highest BCUT2D eigenvalue weighted by Crippen LogP contribution is 2.35. The Balaban J connectivity index is 1.52. The van der Waals surface area contributed by atoms with Gasteiger partial charge in [-0.2, -0.15) is 0 Å². The van der Waals surface area contributed by atoms with Gasteiger partial charge >= 0.3 is 0 Å². The number of pyridine rings is 1. The Morgan fingerprint density at radius 2 is 1.64 bits per heavy atom. The fourth-order valence-electron chi connectivity index (χ4n) is 4.29. The fourth-order valence-corrected chi connectivity index (χ4v) is 4.29. The number of nitrogens with zero attached hydrogens (tertiary/aromatic N) is 3. The van der Waals surface area contributed by atoms with Crippen LogP contribution in [0, 0.1) is 0 Å². The third-order valence-corrected chi connectivity index (χ3v) is 5.87. The molecule has 0 spiro atoms. The van der Waals surface area contributed by atoms with Crippen LogP contribution in [-0.4, -0.2) is 52.2 Å². The van der Waals surface area contributed by atoms with E-state index in [0.29, 0.717) is 11.7 Å². The average Bonchev–Trinajstić information content (AvgIpc) is 3.49. The predicted molar refractivity (Wildman–Crippen MR) is 97.8 cm³/mol. The van der Waals surface area contributed by atoms with Crippen molar-refractivity contribution in [2.24, 2.45) is 0 Å². The second kappa shape index (κ2) is 7.32. The number of hydrogen-bond donors (Lipinski definition) is 1. The molecule has 0 atom stereocenters. The average molecular weight is 343 g/mol. The van der Waals surface area contributed by atoms with Gasteiger partial charge in [0.15, 0.2) is 0 Å². The van der Waals surface area contributed by atoms with Crippen molar-refractivity contribution < 1.29 is 9.90 Å². The first-order chi connectivity index (χ1) is 12.2. The second-order valence-electron chi connectivity index (χ2n) is 7.83. The highest BCUT2D eigenvalue weighted by molar-refractivity contribution is 5.93. The molecular formula is C20H29N3O2. The van der Waals surface area contributed by atoms with Crippen LogP contribution in [-0.2, 0) is 0 Å². The first-order valence-electron chi connectivity index (χ1n) is 9.95. The zero-order chi connectivity index (χ0) is 17.2. The van der Waals surface area contributed by atoms with E-state index in [-0.39, 0.29) is 18.1 Å². The van der Waals surface area contributed by atoms with E-state index in [1.54, 1.807) is 0 Å². The first-order valence-corrected chi connectivity index (χ1v) is 9.95. The van der Waals surface area contributed by atoms with Crippen molar-refractivity contribution in [1.82, 2.24) is 9.88 Å². The molecule has 3 aliphatic rings. The molecule has 4 rings (SSSR count). The number of carbonyl (C=O) groups is 1. The van der Waals surface area contributed by atoms with Gasteiger partial charge in [-0.25, -0.2) is 4.98 Å². The maximum Gasteiger partial charge on any atom is 0.273 e. The summed E-state index contributed by atoms with van der Waals surface area (Å²) in [6, 6.07) is 6.51. The van der Waals surface area contributed by atoms with E-state index < -0.39 is 0 Å². The lowest BCUT2D eigenvalue weighted by Gasteiger charge is -2.36. The van der Waals surface area contributed by atoms with Crippen LogP contribution < -0.4 is 4.90 Å². The molecule has 0 bridgehead atoms. The summed E-state index contributed by atoms with van der Waals surface area (Å²) in [5.41, 5.74) is 0.584. The predicted octanol–water partition coefficient (Wildman–Crippen LogP) is 2.98. The molecule has 0 unspecified atom stereocenters. The van der Waals surface area contributed by atoms with E-state index in [0.717, 1.165) is 57.4 Å². The monoisotopic (exact) mass is 343 g/mol. The summed E-state index contributed by atoms with van der Waals surface area (Å²) in [5.74, 6) is 1.03. The number of carbonyl (C=O) groups excluding carboxylic acids is 1. The largest absolute Gasteiger partial charge is 0.393 e. The molecule has 1 aromatic heterocycles. The maximum atomic E-state index is 13.2. The van der Waals surface area contributed by atoms with Gasteiger partial charge in [0, 0.05) is 25.2 Å². The highest BCUT2D eigenvalue weighted by atomic mass is 16.3. The lowest BCUT2D eigenvalue weighted by molar-refractivity contribution is 0.0470. The molecule has 2 aliphatic carbocycles. The molecule has 2 saturated carbocycles. The Hall–Kier alpha value is -1.62. The van der Waals surface area contributed by atoms with Crippen molar-refractivity contribution in [1.29, 1.82) is 0 Å². The van der Waals surface area contributed by atoms with Crippen LogP contribution in [0.25, 0.3) is 0 Å². The van der Waals surface area contributed by atoms with E-state index in [1.807, 2.05) is 18.2 Å². The topological polar surface area (TPSA) is 56.7 Å². The van der Waals surface area contributed by atoms with Crippen molar-refractivity contribution in [2.45, 2.75) is 76.0 Å². The Morgan fingerprint density at radius 3 is 2.28 bits per heavy atom. The minimum atomic E-state index is -0.187. The number of aliphatic hydroxyl groups excluding tert-OH is 1. The van der Waals surface area contributed by atoms with Crippen molar-refractivity contribution in [3.05, 3.63) is 23.9 Å². The molecule has 1 N–H and O–H groups in total. The molecule has 1 aromatic rings. The SMILES string of the molecule is O=C(c1cccc(N2CCCCC2)n1)N(C1CC1)[C@H]1CC[C@@H](O)CC1. The van der Waals surface area contributed by atoms with Gasteiger partial charge in [0.05, 0.1) is 6.10 Å². The van der Waals surface area contributed by atoms with E-state index in [9.17, 15) is 9.90 Å². The van der Waals surface area contributed by atoms with Crippen LogP contribution in [0.4, 0.5) is 5.82 Å². The van der Waals surface area contributed by atoms with Gasteiger partial charge in [-0.1, -0.05) is 6.07 Å². The molecule has 2 heterocycles. The zero-order valence-corrected chi connectivity index (χ0v) is 14.9. The third-order valence-electron chi connectivity index (χ3n) is 5.87. The van der Waals surface area contributed by atoms with Gasteiger partial charge in [-0.3, -0.25) is 4.79 Å². The number of aliphatic hydroxyl groups is 1. The van der Waals surface area contributed by atoms with E-state index >= 15 is 0 Å². The second-order valence-corrected chi connectivity index (χ2v) is 7.83. The minimum Gasteiger partial charge on any atom is -0.393 e.